The van der Waals surface area contributed by atoms with Crippen LogP contribution in [0.4, 0.5) is 5.69 Å². The van der Waals surface area contributed by atoms with Crippen molar-refractivity contribution >= 4 is 39.1 Å². The van der Waals surface area contributed by atoms with E-state index in [1.807, 2.05) is 0 Å². The molecule has 1 fully saturated rings. The summed E-state index contributed by atoms with van der Waals surface area (Å²) in [5, 5.41) is 3.07. The van der Waals surface area contributed by atoms with Crippen molar-refractivity contribution in [2.75, 3.05) is 12.4 Å². The molecule has 1 saturated carbocycles. The fraction of sp³-hybridized carbons (Fsp3) is 0.353. The number of methoxy groups -OCH3 is 1. The van der Waals surface area contributed by atoms with Crippen molar-refractivity contribution in [1.82, 2.24) is 9.97 Å². The lowest BCUT2D eigenvalue weighted by atomic mass is 10.2. The van der Waals surface area contributed by atoms with Crippen LogP contribution in [0.15, 0.2) is 29.1 Å². The Morgan fingerprint density at radius 2 is 2.04 bits per heavy atom. The monoisotopic (exact) mass is 425 g/mol. The van der Waals surface area contributed by atoms with Crippen LogP contribution in [0.1, 0.15) is 36.2 Å². The molecule has 0 spiro atoms. The van der Waals surface area contributed by atoms with Gasteiger partial charge >= 0.3 is 0 Å². The Hall–Kier alpha value is -1.86. The molecular formula is C17H17BrClN3O3. The summed E-state index contributed by atoms with van der Waals surface area (Å²) >= 11 is 9.40. The molecule has 0 aromatic carbocycles. The first-order valence-corrected chi connectivity index (χ1v) is 9.06. The summed E-state index contributed by atoms with van der Waals surface area (Å²) in [4.78, 5) is 20.6. The van der Waals surface area contributed by atoms with Gasteiger partial charge in [0.15, 0.2) is 11.5 Å². The fourth-order valence-electron chi connectivity index (χ4n) is 2.69. The van der Waals surface area contributed by atoms with Crippen molar-refractivity contribution in [3.05, 3.63) is 39.8 Å². The first-order chi connectivity index (χ1) is 12.1. The van der Waals surface area contributed by atoms with Gasteiger partial charge in [-0.25, -0.2) is 4.98 Å². The van der Waals surface area contributed by atoms with Crippen LogP contribution in [0.25, 0.3) is 0 Å². The van der Waals surface area contributed by atoms with Crippen molar-refractivity contribution in [3.8, 4) is 11.5 Å². The molecule has 3 rings (SSSR count). The summed E-state index contributed by atoms with van der Waals surface area (Å²) in [6, 6.07) is 1.59. The van der Waals surface area contributed by atoms with Gasteiger partial charge in [-0.15, -0.1) is 0 Å². The minimum atomic E-state index is -0.396. The Morgan fingerprint density at radius 1 is 1.28 bits per heavy atom. The maximum absolute atomic E-state index is 12.5. The van der Waals surface area contributed by atoms with Gasteiger partial charge in [0, 0.05) is 18.5 Å². The quantitative estimate of drug-likeness (QED) is 0.763. The van der Waals surface area contributed by atoms with E-state index in [9.17, 15) is 4.79 Å². The zero-order valence-corrected chi connectivity index (χ0v) is 15.9. The standard InChI is InChI=1S/C17H17BrClN3O3/c1-24-15-9-21-13(6-14(15)25-10-4-2-3-5-10)17(23)22-16-11(18)7-20-8-12(16)19/h6-10H,2-5H2,1H3,(H,20,22,23). The van der Waals surface area contributed by atoms with E-state index < -0.39 is 5.91 Å². The lowest BCUT2D eigenvalue weighted by Crippen LogP contribution is -2.16. The predicted octanol–water partition coefficient (Wildman–Crippen LogP) is 4.47. The van der Waals surface area contributed by atoms with Crippen LogP contribution in [0.2, 0.25) is 5.02 Å². The number of pyridine rings is 2. The molecule has 2 heterocycles. The van der Waals surface area contributed by atoms with E-state index in [1.165, 1.54) is 12.4 Å². The summed E-state index contributed by atoms with van der Waals surface area (Å²) in [6.45, 7) is 0. The molecule has 0 saturated heterocycles. The summed E-state index contributed by atoms with van der Waals surface area (Å²) < 4.78 is 11.9. The Bertz CT molecular complexity index is 761. The number of nitrogens with zero attached hydrogens (tertiary/aromatic N) is 2. The van der Waals surface area contributed by atoms with Gasteiger partial charge in [0.25, 0.3) is 5.91 Å². The molecular weight excluding hydrogens is 410 g/mol. The third kappa shape index (κ3) is 4.22. The van der Waals surface area contributed by atoms with Crippen LogP contribution in [-0.4, -0.2) is 29.1 Å². The summed E-state index contributed by atoms with van der Waals surface area (Å²) in [7, 11) is 1.55. The smallest absolute Gasteiger partial charge is 0.274 e. The summed E-state index contributed by atoms with van der Waals surface area (Å²) in [6.07, 6.45) is 8.97. The number of anilines is 1. The maximum atomic E-state index is 12.5. The van der Waals surface area contributed by atoms with Crippen molar-refractivity contribution in [2.45, 2.75) is 31.8 Å². The van der Waals surface area contributed by atoms with Gasteiger partial charge < -0.3 is 14.8 Å². The number of hydrogen-bond donors (Lipinski definition) is 1. The van der Waals surface area contributed by atoms with Crippen LogP contribution in [0.5, 0.6) is 11.5 Å². The summed E-state index contributed by atoms with van der Waals surface area (Å²) in [5.41, 5.74) is 0.658. The second kappa shape index (κ2) is 8.01. The normalized spacial score (nSPS) is 14.4. The number of carbonyl (C=O) groups excluding carboxylic acids is 1. The van der Waals surface area contributed by atoms with E-state index in [4.69, 9.17) is 21.1 Å². The summed E-state index contributed by atoms with van der Waals surface area (Å²) in [5.74, 6) is 0.633. The molecule has 6 nitrogen and oxygen atoms in total. The molecule has 0 bridgehead atoms. The van der Waals surface area contributed by atoms with Gasteiger partial charge in [0.1, 0.15) is 5.69 Å². The van der Waals surface area contributed by atoms with E-state index in [-0.39, 0.29) is 11.8 Å². The van der Waals surface area contributed by atoms with Gasteiger partial charge in [0.2, 0.25) is 0 Å². The number of hydrogen-bond acceptors (Lipinski definition) is 5. The van der Waals surface area contributed by atoms with Crippen LogP contribution < -0.4 is 14.8 Å². The lowest BCUT2D eigenvalue weighted by molar-refractivity contribution is 0.102. The molecule has 1 N–H and O–H groups in total. The van der Waals surface area contributed by atoms with Gasteiger partial charge in [-0.2, -0.15) is 0 Å². The largest absolute Gasteiger partial charge is 0.491 e. The van der Waals surface area contributed by atoms with Gasteiger partial charge in [0.05, 0.1) is 34.6 Å². The van der Waals surface area contributed by atoms with Gasteiger partial charge in [-0.05, 0) is 41.6 Å². The molecule has 2 aromatic heterocycles. The molecule has 1 aliphatic carbocycles. The lowest BCUT2D eigenvalue weighted by Gasteiger charge is -2.16. The van der Waals surface area contributed by atoms with Crippen LogP contribution in [-0.2, 0) is 0 Å². The Labute approximate surface area is 159 Å². The van der Waals surface area contributed by atoms with Crippen molar-refractivity contribution in [3.63, 3.8) is 0 Å². The third-order valence-corrected chi connectivity index (χ3v) is 4.86. The molecule has 8 heteroatoms. The predicted molar refractivity (Wildman–Crippen MR) is 98.6 cm³/mol. The van der Waals surface area contributed by atoms with E-state index >= 15 is 0 Å². The van der Waals surface area contributed by atoms with Crippen LogP contribution in [0, 0.1) is 0 Å². The average Bonchev–Trinajstić information content (AvgIpc) is 3.11. The van der Waals surface area contributed by atoms with E-state index in [0.717, 1.165) is 25.7 Å². The number of halogens is 2. The molecule has 132 valence electrons. The Morgan fingerprint density at radius 3 is 2.72 bits per heavy atom. The number of nitrogens with one attached hydrogen (secondary N) is 1. The van der Waals surface area contributed by atoms with Gasteiger partial charge in [-0.1, -0.05) is 11.6 Å². The second-order valence-electron chi connectivity index (χ2n) is 5.68. The SMILES string of the molecule is COc1cnc(C(=O)Nc2c(Cl)cncc2Br)cc1OC1CCCC1. The highest BCUT2D eigenvalue weighted by Gasteiger charge is 2.21. The first-order valence-electron chi connectivity index (χ1n) is 7.89. The molecule has 0 unspecified atom stereocenters. The maximum Gasteiger partial charge on any atom is 0.274 e. The van der Waals surface area contributed by atoms with E-state index in [0.29, 0.717) is 26.7 Å². The molecule has 1 amide bonds. The van der Waals surface area contributed by atoms with Crippen molar-refractivity contribution < 1.29 is 14.3 Å². The topological polar surface area (TPSA) is 73.3 Å². The second-order valence-corrected chi connectivity index (χ2v) is 6.94. The highest BCUT2D eigenvalue weighted by Crippen LogP contribution is 2.33. The van der Waals surface area contributed by atoms with Gasteiger partial charge in [-0.3, -0.25) is 9.78 Å². The van der Waals surface area contributed by atoms with Crippen LogP contribution >= 0.6 is 27.5 Å². The van der Waals surface area contributed by atoms with Crippen molar-refractivity contribution in [1.29, 1.82) is 0 Å². The highest BCUT2D eigenvalue weighted by atomic mass is 79.9. The zero-order valence-electron chi connectivity index (χ0n) is 13.6. The number of ether oxygens (including phenoxy) is 2. The molecule has 2 aromatic rings. The van der Waals surface area contributed by atoms with Crippen molar-refractivity contribution in [2.24, 2.45) is 0 Å². The highest BCUT2D eigenvalue weighted by molar-refractivity contribution is 9.10. The minimum Gasteiger partial charge on any atom is -0.491 e. The Balaban J connectivity index is 1.82. The molecule has 0 aliphatic heterocycles. The molecule has 0 radical (unpaired) electrons. The molecule has 0 atom stereocenters. The first kappa shape index (κ1) is 17.9. The number of aromatic nitrogens is 2. The van der Waals surface area contributed by atoms with Crippen LogP contribution in [0.3, 0.4) is 0 Å². The van der Waals surface area contributed by atoms with E-state index in [1.54, 1.807) is 19.4 Å². The fourth-order valence-corrected chi connectivity index (χ4v) is 3.44. The van der Waals surface area contributed by atoms with E-state index in [2.05, 4.69) is 31.2 Å². The molecule has 1 aliphatic rings. The number of carbonyl (C=O) groups is 1. The minimum absolute atomic E-state index is 0.149. The Kier molecular flexibility index (Phi) is 5.75. The zero-order chi connectivity index (χ0) is 17.8. The number of amides is 1. The average molecular weight is 427 g/mol. The number of rotatable bonds is 5. The molecule has 25 heavy (non-hydrogen) atoms. The third-order valence-electron chi connectivity index (χ3n) is 3.97.